The molecule has 0 fully saturated rings. The predicted molar refractivity (Wildman–Crippen MR) is 72.3 cm³/mol. The molecule has 0 saturated heterocycles. The Hall–Kier alpha value is -0.590. The molecule has 1 aromatic rings. The van der Waals surface area contributed by atoms with Crippen molar-refractivity contribution in [2.75, 3.05) is 19.0 Å². The topological polar surface area (TPSA) is 55.2 Å². The summed E-state index contributed by atoms with van der Waals surface area (Å²) in [6.07, 6.45) is 4.75. The molecule has 7 heteroatoms. The monoisotopic (exact) mass is 293 g/mol. The van der Waals surface area contributed by atoms with Crippen LogP contribution in [0.15, 0.2) is 17.3 Å². The van der Waals surface area contributed by atoms with Crippen LogP contribution in [0.4, 0.5) is 0 Å². The lowest BCUT2D eigenvalue weighted by Gasteiger charge is -2.18. The first-order valence-electron chi connectivity index (χ1n) is 6.14. The zero-order valence-corrected chi connectivity index (χ0v) is 12.4. The number of rotatable bonds is 8. The second-order valence-corrected chi connectivity index (χ2v) is 6.29. The highest BCUT2D eigenvalue weighted by molar-refractivity contribution is 7.89. The Labute approximate surface area is 114 Å². The summed E-state index contributed by atoms with van der Waals surface area (Å²) in [6, 6.07) is 0. The molecule has 1 rings (SSSR count). The van der Waals surface area contributed by atoms with Gasteiger partial charge in [-0.15, -0.1) is 11.6 Å². The van der Waals surface area contributed by atoms with Crippen LogP contribution >= 0.6 is 11.6 Å². The first-order valence-corrected chi connectivity index (χ1v) is 8.12. The van der Waals surface area contributed by atoms with Gasteiger partial charge in [0, 0.05) is 25.2 Å². The minimum atomic E-state index is -3.41. The van der Waals surface area contributed by atoms with Crippen LogP contribution in [-0.4, -0.2) is 41.5 Å². The van der Waals surface area contributed by atoms with E-state index in [4.69, 9.17) is 11.6 Å². The van der Waals surface area contributed by atoms with Gasteiger partial charge in [0.1, 0.15) is 4.90 Å². The normalized spacial score (nSPS) is 12.2. The number of nitrogens with zero attached hydrogens (tertiary/aromatic N) is 3. The van der Waals surface area contributed by atoms with Crippen molar-refractivity contribution in [3.8, 4) is 0 Å². The molecule has 0 aliphatic rings. The Kier molecular flexibility index (Phi) is 6.11. The smallest absolute Gasteiger partial charge is 0.246 e. The first-order chi connectivity index (χ1) is 8.56. The molecule has 0 bridgehead atoms. The highest BCUT2D eigenvalue weighted by Crippen LogP contribution is 2.15. The lowest BCUT2D eigenvalue weighted by molar-refractivity contribution is 0.419. The van der Waals surface area contributed by atoms with E-state index in [0.717, 1.165) is 12.8 Å². The molecule has 104 valence electrons. The lowest BCUT2D eigenvalue weighted by Crippen LogP contribution is -2.31. The van der Waals surface area contributed by atoms with Crippen molar-refractivity contribution in [3.05, 3.63) is 12.4 Å². The molecule has 18 heavy (non-hydrogen) atoms. The zero-order valence-electron chi connectivity index (χ0n) is 10.8. The minimum absolute atomic E-state index is 0.241. The van der Waals surface area contributed by atoms with E-state index in [0.29, 0.717) is 25.5 Å². The van der Waals surface area contributed by atoms with E-state index in [-0.39, 0.29) is 4.90 Å². The summed E-state index contributed by atoms with van der Waals surface area (Å²) in [4.78, 5) is 0.241. The van der Waals surface area contributed by atoms with E-state index in [9.17, 15) is 8.42 Å². The van der Waals surface area contributed by atoms with E-state index < -0.39 is 10.0 Å². The predicted octanol–water partition coefficient (Wildman–Crippen LogP) is 1.93. The van der Waals surface area contributed by atoms with Crippen LogP contribution in [0.5, 0.6) is 0 Å². The number of sulfonamides is 1. The fraction of sp³-hybridized carbons (Fsp3) is 0.727. The largest absolute Gasteiger partial charge is 0.270 e. The second-order valence-electron chi connectivity index (χ2n) is 3.98. The third-order valence-corrected chi connectivity index (χ3v) is 4.77. The maximum Gasteiger partial charge on any atom is 0.246 e. The van der Waals surface area contributed by atoms with Gasteiger partial charge in [-0.3, -0.25) is 4.68 Å². The molecule has 0 amide bonds. The fourth-order valence-electron chi connectivity index (χ4n) is 1.62. The van der Waals surface area contributed by atoms with Gasteiger partial charge in [-0.1, -0.05) is 20.3 Å². The van der Waals surface area contributed by atoms with Gasteiger partial charge in [-0.25, -0.2) is 8.42 Å². The van der Waals surface area contributed by atoms with Crippen LogP contribution in [0.25, 0.3) is 0 Å². The van der Waals surface area contributed by atoms with Crippen LogP contribution in [-0.2, 0) is 16.6 Å². The quantitative estimate of drug-likeness (QED) is 0.688. The molecule has 5 nitrogen and oxygen atoms in total. The van der Waals surface area contributed by atoms with Crippen molar-refractivity contribution in [1.82, 2.24) is 14.1 Å². The average Bonchev–Trinajstić information content (AvgIpc) is 2.79. The van der Waals surface area contributed by atoms with Gasteiger partial charge < -0.3 is 0 Å². The lowest BCUT2D eigenvalue weighted by atomic mass is 10.3. The number of aryl methyl sites for hydroxylation is 1. The summed E-state index contributed by atoms with van der Waals surface area (Å²) in [5, 5.41) is 4.00. The van der Waals surface area contributed by atoms with Crippen molar-refractivity contribution in [2.45, 2.75) is 38.1 Å². The molecule has 1 aromatic heterocycles. The number of hydrogen-bond donors (Lipinski definition) is 0. The number of alkyl halides is 1. The third kappa shape index (κ3) is 3.70. The Morgan fingerprint density at radius 3 is 2.72 bits per heavy atom. The van der Waals surface area contributed by atoms with Gasteiger partial charge in [0.2, 0.25) is 10.0 Å². The van der Waals surface area contributed by atoms with E-state index in [1.807, 2.05) is 13.8 Å². The molecule has 1 heterocycles. The standard InChI is InChI=1S/C11H20ClN3O2S/c1-3-5-7-15(4-2)18(16,17)11-9-13-14(10-11)8-6-12/h9-10H,3-8H2,1-2H3. The summed E-state index contributed by atoms with van der Waals surface area (Å²) in [6.45, 7) is 5.42. The maximum absolute atomic E-state index is 12.3. The molecule has 0 radical (unpaired) electrons. The number of unbranched alkanes of at least 4 members (excludes halogenated alkanes) is 1. The zero-order chi connectivity index (χ0) is 13.6. The highest BCUT2D eigenvalue weighted by atomic mass is 35.5. The molecule has 0 N–H and O–H groups in total. The minimum Gasteiger partial charge on any atom is -0.270 e. The van der Waals surface area contributed by atoms with Gasteiger partial charge in [0.05, 0.1) is 12.7 Å². The van der Waals surface area contributed by atoms with Crippen molar-refractivity contribution in [3.63, 3.8) is 0 Å². The second kappa shape index (κ2) is 7.11. The molecular weight excluding hydrogens is 274 g/mol. The Bertz CT molecular complexity index is 459. The van der Waals surface area contributed by atoms with Gasteiger partial charge in [-0.2, -0.15) is 9.40 Å². The van der Waals surface area contributed by atoms with Crippen molar-refractivity contribution in [1.29, 1.82) is 0 Å². The van der Waals surface area contributed by atoms with E-state index in [1.165, 1.54) is 16.7 Å². The van der Waals surface area contributed by atoms with Gasteiger partial charge in [-0.05, 0) is 6.42 Å². The highest BCUT2D eigenvalue weighted by Gasteiger charge is 2.23. The maximum atomic E-state index is 12.3. The molecule has 0 aromatic carbocycles. The number of hydrogen-bond acceptors (Lipinski definition) is 3. The Morgan fingerprint density at radius 2 is 2.17 bits per heavy atom. The molecule has 0 aliphatic carbocycles. The van der Waals surface area contributed by atoms with Crippen molar-refractivity contribution < 1.29 is 8.42 Å². The van der Waals surface area contributed by atoms with E-state index in [2.05, 4.69) is 5.10 Å². The number of halogens is 1. The van der Waals surface area contributed by atoms with Crippen LogP contribution in [0.1, 0.15) is 26.7 Å². The molecule has 0 unspecified atom stereocenters. The number of aromatic nitrogens is 2. The van der Waals surface area contributed by atoms with Gasteiger partial charge in [0.15, 0.2) is 0 Å². The SMILES string of the molecule is CCCCN(CC)S(=O)(=O)c1cnn(CCCl)c1. The molecule has 0 spiro atoms. The summed E-state index contributed by atoms with van der Waals surface area (Å²) in [5.41, 5.74) is 0. The summed E-state index contributed by atoms with van der Waals surface area (Å²) in [5.74, 6) is 0.411. The average molecular weight is 294 g/mol. The van der Waals surface area contributed by atoms with Gasteiger partial charge in [0.25, 0.3) is 0 Å². The molecule has 0 atom stereocenters. The van der Waals surface area contributed by atoms with Crippen molar-refractivity contribution >= 4 is 21.6 Å². The molecule has 0 saturated carbocycles. The fourth-order valence-corrected chi connectivity index (χ4v) is 3.23. The molecule has 0 aliphatic heterocycles. The summed E-state index contributed by atoms with van der Waals surface area (Å²) < 4.78 is 27.7. The first kappa shape index (κ1) is 15.5. The Morgan fingerprint density at radius 1 is 1.44 bits per heavy atom. The van der Waals surface area contributed by atoms with Crippen LogP contribution in [0.3, 0.4) is 0 Å². The Balaban J connectivity index is 2.88. The van der Waals surface area contributed by atoms with Crippen molar-refractivity contribution in [2.24, 2.45) is 0 Å². The summed E-state index contributed by atoms with van der Waals surface area (Å²) >= 11 is 5.60. The van der Waals surface area contributed by atoms with Crippen LogP contribution < -0.4 is 0 Å². The van der Waals surface area contributed by atoms with Gasteiger partial charge >= 0.3 is 0 Å². The van der Waals surface area contributed by atoms with Crippen LogP contribution in [0.2, 0.25) is 0 Å². The summed E-state index contributed by atoms with van der Waals surface area (Å²) in [7, 11) is -3.41. The van der Waals surface area contributed by atoms with E-state index >= 15 is 0 Å². The van der Waals surface area contributed by atoms with E-state index in [1.54, 1.807) is 4.68 Å². The molecular formula is C11H20ClN3O2S. The third-order valence-electron chi connectivity index (χ3n) is 2.67. The van der Waals surface area contributed by atoms with Crippen LogP contribution in [0, 0.1) is 0 Å².